The van der Waals surface area contributed by atoms with Crippen molar-refractivity contribution in [2.24, 2.45) is 0 Å². The van der Waals surface area contributed by atoms with Crippen molar-refractivity contribution >= 4 is 11.9 Å². The van der Waals surface area contributed by atoms with Crippen LogP contribution >= 0.6 is 0 Å². The van der Waals surface area contributed by atoms with E-state index in [1.807, 2.05) is 28.9 Å². The highest BCUT2D eigenvalue weighted by Gasteiger charge is 2.40. The number of esters is 1. The molecule has 4 rings (SSSR count). The number of carbonyl (C=O) groups is 2. The zero-order chi connectivity index (χ0) is 23.5. The van der Waals surface area contributed by atoms with Crippen LogP contribution in [0.1, 0.15) is 42.4 Å². The number of hydrogen-bond acceptors (Lipinski definition) is 4. The quantitative estimate of drug-likeness (QED) is 0.537. The van der Waals surface area contributed by atoms with Crippen LogP contribution in [0.2, 0.25) is 0 Å². The second kappa shape index (κ2) is 10.0. The minimum atomic E-state index is -1.05. The molecule has 2 aliphatic rings. The van der Waals surface area contributed by atoms with Crippen molar-refractivity contribution in [3.05, 3.63) is 65.2 Å². The van der Waals surface area contributed by atoms with Crippen molar-refractivity contribution in [3.8, 4) is 5.75 Å². The Kier molecular flexibility index (Phi) is 7.10. The summed E-state index contributed by atoms with van der Waals surface area (Å²) in [5.41, 5.74) is 6.86. The number of benzene rings is 2. The van der Waals surface area contributed by atoms with Gasteiger partial charge in [0.25, 0.3) is 0 Å². The highest BCUT2D eigenvalue weighted by Crippen LogP contribution is 2.34. The molecule has 0 saturated carbocycles. The zero-order valence-corrected chi connectivity index (χ0v) is 19.4. The fourth-order valence-corrected chi connectivity index (χ4v) is 4.72. The summed E-state index contributed by atoms with van der Waals surface area (Å²) in [4.78, 5) is 28.6. The normalized spacial score (nSPS) is 24.7. The summed E-state index contributed by atoms with van der Waals surface area (Å²) in [7, 11) is 0. The second-order valence-corrected chi connectivity index (χ2v) is 9.35. The van der Waals surface area contributed by atoms with Crippen LogP contribution in [0.3, 0.4) is 0 Å². The predicted octanol–water partition coefficient (Wildman–Crippen LogP) is 2.46. The summed E-state index contributed by atoms with van der Waals surface area (Å²) >= 11 is 0. The van der Waals surface area contributed by atoms with Crippen LogP contribution in [0.15, 0.2) is 48.5 Å². The number of quaternary nitrogens is 1. The molecule has 2 fully saturated rings. The van der Waals surface area contributed by atoms with Gasteiger partial charge in [-0.15, -0.1) is 0 Å². The summed E-state index contributed by atoms with van der Waals surface area (Å²) in [6, 6.07) is 14.6. The van der Waals surface area contributed by atoms with Crippen molar-refractivity contribution < 1.29 is 24.5 Å². The molecule has 0 bridgehead atoms. The van der Waals surface area contributed by atoms with E-state index in [2.05, 4.69) is 30.0 Å². The third kappa shape index (κ3) is 5.42. The molecule has 2 aromatic carbocycles. The molecule has 0 aliphatic carbocycles. The second-order valence-electron chi connectivity index (χ2n) is 9.35. The fraction of sp³-hybridized carbons (Fsp3) is 0.462. The maximum atomic E-state index is 15.2. The van der Waals surface area contributed by atoms with Gasteiger partial charge in [-0.1, -0.05) is 42.0 Å². The average molecular weight is 455 g/mol. The van der Waals surface area contributed by atoms with E-state index in [1.165, 1.54) is 5.56 Å². The van der Waals surface area contributed by atoms with E-state index in [9.17, 15) is 9.59 Å². The number of aryl methyl sites for hydroxylation is 1. The number of piperidine rings is 1. The Morgan fingerprint density at radius 1 is 1.12 bits per heavy atom. The summed E-state index contributed by atoms with van der Waals surface area (Å²) in [5, 5.41) is 0. The number of carbonyl (C=O) groups excluding carboxylic acids is 2. The minimum absolute atomic E-state index is 0.104. The van der Waals surface area contributed by atoms with E-state index in [1.54, 1.807) is 19.1 Å². The fourth-order valence-electron chi connectivity index (χ4n) is 4.72. The van der Waals surface area contributed by atoms with Gasteiger partial charge in [0, 0.05) is 25.6 Å². The predicted molar refractivity (Wildman–Crippen MR) is 123 cm³/mol. The number of rotatable bonds is 6. The lowest BCUT2D eigenvalue weighted by Gasteiger charge is -2.37. The van der Waals surface area contributed by atoms with Crippen LogP contribution < -0.4 is 10.5 Å². The van der Waals surface area contributed by atoms with E-state index in [-0.39, 0.29) is 24.4 Å². The highest BCUT2D eigenvalue weighted by atomic mass is 19.1. The molecule has 2 aromatic rings. The average Bonchev–Trinajstić information content (AvgIpc) is 3.16. The Labute approximate surface area is 194 Å². The Morgan fingerprint density at radius 3 is 2.45 bits per heavy atom. The van der Waals surface area contributed by atoms with Crippen LogP contribution in [-0.2, 0) is 16.1 Å². The number of alkyl halides is 1. The zero-order valence-electron chi connectivity index (χ0n) is 19.4. The molecule has 6 nitrogen and oxygen atoms in total. The lowest BCUT2D eigenvalue weighted by molar-refractivity contribution is -0.401. The molecule has 1 amide bonds. The van der Waals surface area contributed by atoms with Gasteiger partial charge in [-0.2, -0.15) is 0 Å². The van der Waals surface area contributed by atoms with Gasteiger partial charge < -0.3 is 15.4 Å². The summed E-state index contributed by atoms with van der Waals surface area (Å²) in [6.45, 7) is 5.99. The van der Waals surface area contributed by atoms with Crippen molar-refractivity contribution in [1.82, 2.24) is 9.80 Å². The monoisotopic (exact) mass is 454 g/mol. The SMILES string of the molecule is Cc1ccc(CN2CC[C@@H](N3CC[C@@H](c4ccc(OC(=O)[C@H](C)[NH3+])cc4)[C@H](F)C3)C2=O)cc1. The van der Waals surface area contributed by atoms with Gasteiger partial charge in [-0.25, -0.2) is 9.18 Å². The molecule has 176 valence electrons. The number of hydrogen-bond donors (Lipinski definition) is 1. The van der Waals surface area contributed by atoms with Gasteiger partial charge in [0.05, 0.1) is 6.04 Å². The van der Waals surface area contributed by atoms with Crippen LogP contribution in [0.4, 0.5) is 4.39 Å². The number of likely N-dealkylation sites (tertiary alicyclic amines) is 2. The van der Waals surface area contributed by atoms with Crippen LogP contribution in [-0.4, -0.2) is 59.6 Å². The topological polar surface area (TPSA) is 77.5 Å². The maximum Gasteiger partial charge on any atom is 0.369 e. The first-order valence-corrected chi connectivity index (χ1v) is 11.7. The first kappa shape index (κ1) is 23.4. The largest absolute Gasteiger partial charge is 0.422 e. The van der Waals surface area contributed by atoms with Crippen LogP contribution in [0.5, 0.6) is 5.75 Å². The molecule has 0 aromatic heterocycles. The first-order chi connectivity index (χ1) is 15.8. The molecule has 2 aliphatic heterocycles. The summed E-state index contributed by atoms with van der Waals surface area (Å²) in [6.07, 6.45) is 0.344. The maximum absolute atomic E-state index is 15.2. The van der Waals surface area contributed by atoms with Crippen LogP contribution in [0, 0.1) is 6.92 Å². The lowest BCUT2D eigenvalue weighted by Crippen LogP contribution is -2.64. The molecule has 2 heterocycles. The Balaban J connectivity index is 1.33. The number of amides is 1. The standard InChI is InChI=1S/C26H32FN3O3/c1-17-3-5-19(6-4-17)15-30-14-12-24(25(30)31)29-13-11-22(23(27)16-29)20-7-9-21(10-8-20)33-26(32)18(2)28/h3-10,18,22-24H,11-16,28H2,1-2H3/p+1/t18-,22-,23+,24+/m0/s1. The van der Waals surface area contributed by atoms with Gasteiger partial charge in [-0.05, 0) is 56.5 Å². The third-order valence-electron chi connectivity index (χ3n) is 6.71. The van der Waals surface area contributed by atoms with Gasteiger partial charge in [0.1, 0.15) is 11.9 Å². The first-order valence-electron chi connectivity index (χ1n) is 11.7. The van der Waals surface area contributed by atoms with Gasteiger partial charge in [0.15, 0.2) is 6.04 Å². The molecule has 3 N–H and O–H groups in total. The van der Waals surface area contributed by atoms with E-state index in [4.69, 9.17) is 4.74 Å². The van der Waals surface area contributed by atoms with E-state index in [0.717, 1.165) is 17.5 Å². The number of halogens is 1. The summed E-state index contributed by atoms with van der Waals surface area (Å²) < 4.78 is 20.5. The Bertz CT molecular complexity index is 977. The Morgan fingerprint density at radius 2 is 1.82 bits per heavy atom. The molecule has 0 unspecified atom stereocenters. The van der Waals surface area contributed by atoms with E-state index >= 15 is 4.39 Å². The highest BCUT2D eigenvalue weighted by molar-refractivity contribution is 5.84. The molecule has 2 saturated heterocycles. The Hall–Kier alpha value is -2.77. The van der Waals surface area contributed by atoms with Crippen molar-refractivity contribution in [1.29, 1.82) is 0 Å². The molecule has 4 atom stereocenters. The van der Waals surface area contributed by atoms with Crippen LogP contribution in [0.25, 0.3) is 0 Å². The molecular weight excluding hydrogens is 421 g/mol. The molecular formula is C26H33FN3O3+. The lowest BCUT2D eigenvalue weighted by atomic mass is 9.87. The van der Waals surface area contributed by atoms with Gasteiger partial charge >= 0.3 is 5.97 Å². The molecule has 7 heteroatoms. The van der Waals surface area contributed by atoms with Crippen molar-refractivity contribution in [2.75, 3.05) is 19.6 Å². The summed E-state index contributed by atoms with van der Waals surface area (Å²) in [5.74, 6) is -0.0700. The third-order valence-corrected chi connectivity index (χ3v) is 6.71. The van der Waals surface area contributed by atoms with Gasteiger partial charge in [0.2, 0.25) is 5.91 Å². The molecule has 33 heavy (non-hydrogen) atoms. The molecule has 0 radical (unpaired) electrons. The van der Waals surface area contributed by atoms with Crippen molar-refractivity contribution in [3.63, 3.8) is 0 Å². The minimum Gasteiger partial charge on any atom is -0.422 e. The van der Waals surface area contributed by atoms with E-state index < -0.39 is 18.2 Å². The molecule has 0 spiro atoms. The van der Waals surface area contributed by atoms with Crippen molar-refractivity contribution in [2.45, 2.75) is 57.4 Å². The number of nitrogens with zero attached hydrogens (tertiary/aromatic N) is 2. The van der Waals surface area contributed by atoms with E-state index in [0.29, 0.717) is 31.8 Å². The smallest absolute Gasteiger partial charge is 0.369 e. The van der Waals surface area contributed by atoms with Gasteiger partial charge in [-0.3, -0.25) is 9.69 Å². The number of ether oxygens (including phenoxy) is 1.